The molecule has 1 saturated heterocycles. The van der Waals surface area contributed by atoms with Crippen LogP contribution in [-0.4, -0.2) is 49.7 Å². The highest BCUT2D eigenvalue weighted by Gasteiger charge is 2.18. The Bertz CT molecular complexity index is 215. The van der Waals surface area contributed by atoms with E-state index in [-0.39, 0.29) is 12.0 Å². The molecule has 1 fully saturated rings. The maximum atomic E-state index is 11.5. The van der Waals surface area contributed by atoms with Crippen LogP contribution >= 0.6 is 0 Å². The average Bonchev–Trinajstić information content (AvgIpc) is 2.35. The van der Waals surface area contributed by atoms with Gasteiger partial charge in [-0.25, -0.2) is 0 Å². The van der Waals surface area contributed by atoms with Gasteiger partial charge in [-0.15, -0.1) is 0 Å². The van der Waals surface area contributed by atoms with Crippen LogP contribution in [-0.2, 0) is 9.53 Å². The van der Waals surface area contributed by atoms with Gasteiger partial charge in [0.05, 0.1) is 0 Å². The van der Waals surface area contributed by atoms with Crippen molar-refractivity contribution in [2.45, 2.75) is 45.3 Å². The number of rotatable bonds is 5. The Morgan fingerprint density at radius 3 is 2.50 bits per heavy atom. The molecular weight excluding hydrogens is 204 g/mol. The first-order valence-corrected chi connectivity index (χ1v) is 6.19. The SMILES string of the molecule is COC(C)C(=O)NCC(C)N1CCCCC1. The number of piperidine rings is 1. The molecule has 2 atom stereocenters. The van der Waals surface area contributed by atoms with Crippen molar-refractivity contribution in [2.24, 2.45) is 0 Å². The van der Waals surface area contributed by atoms with Crippen LogP contribution in [0.5, 0.6) is 0 Å². The van der Waals surface area contributed by atoms with E-state index in [4.69, 9.17) is 4.74 Å². The Morgan fingerprint density at radius 2 is 1.94 bits per heavy atom. The molecule has 1 heterocycles. The first kappa shape index (κ1) is 13.5. The van der Waals surface area contributed by atoms with E-state index in [1.54, 1.807) is 14.0 Å². The molecule has 1 aliphatic heterocycles. The summed E-state index contributed by atoms with van der Waals surface area (Å²) < 4.78 is 4.96. The Labute approximate surface area is 98.3 Å². The second kappa shape index (κ2) is 6.86. The average molecular weight is 228 g/mol. The molecule has 0 aromatic carbocycles. The van der Waals surface area contributed by atoms with Gasteiger partial charge in [0.15, 0.2) is 0 Å². The fourth-order valence-electron chi connectivity index (χ4n) is 1.99. The van der Waals surface area contributed by atoms with Crippen LogP contribution in [0.25, 0.3) is 0 Å². The molecule has 0 spiro atoms. The zero-order valence-electron chi connectivity index (χ0n) is 10.7. The number of methoxy groups -OCH3 is 1. The van der Waals surface area contributed by atoms with Gasteiger partial charge in [-0.2, -0.15) is 0 Å². The number of nitrogens with zero attached hydrogens (tertiary/aromatic N) is 1. The predicted molar refractivity (Wildman–Crippen MR) is 64.4 cm³/mol. The molecule has 0 radical (unpaired) electrons. The van der Waals surface area contributed by atoms with Crippen molar-refractivity contribution in [1.82, 2.24) is 10.2 Å². The van der Waals surface area contributed by atoms with Crippen LogP contribution in [0, 0.1) is 0 Å². The van der Waals surface area contributed by atoms with E-state index >= 15 is 0 Å². The number of hydrogen-bond donors (Lipinski definition) is 1. The van der Waals surface area contributed by atoms with Crippen molar-refractivity contribution in [3.05, 3.63) is 0 Å². The number of likely N-dealkylation sites (tertiary alicyclic amines) is 1. The lowest BCUT2D eigenvalue weighted by Gasteiger charge is -2.32. The van der Waals surface area contributed by atoms with E-state index < -0.39 is 0 Å². The summed E-state index contributed by atoms with van der Waals surface area (Å²) in [5.41, 5.74) is 0. The van der Waals surface area contributed by atoms with E-state index in [2.05, 4.69) is 17.1 Å². The zero-order valence-corrected chi connectivity index (χ0v) is 10.7. The second-order valence-electron chi connectivity index (χ2n) is 4.57. The highest BCUT2D eigenvalue weighted by atomic mass is 16.5. The number of carbonyl (C=O) groups is 1. The zero-order chi connectivity index (χ0) is 12.0. The standard InChI is InChI=1S/C12H24N2O2/c1-10(14-7-5-4-6-8-14)9-13-12(15)11(2)16-3/h10-11H,4-9H2,1-3H3,(H,13,15). The topological polar surface area (TPSA) is 41.6 Å². The fourth-order valence-corrected chi connectivity index (χ4v) is 1.99. The van der Waals surface area contributed by atoms with Gasteiger partial charge < -0.3 is 10.1 Å². The Kier molecular flexibility index (Phi) is 5.77. The molecule has 0 aromatic rings. The van der Waals surface area contributed by atoms with Crippen molar-refractivity contribution in [1.29, 1.82) is 0 Å². The number of hydrogen-bond acceptors (Lipinski definition) is 3. The van der Waals surface area contributed by atoms with Gasteiger partial charge in [-0.1, -0.05) is 6.42 Å². The summed E-state index contributed by atoms with van der Waals surface area (Å²) in [6.07, 6.45) is 3.56. The summed E-state index contributed by atoms with van der Waals surface area (Å²) in [7, 11) is 1.55. The molecule has 1 rings (SSSR count). The third-order valence-electron chi connectivity index (χ3n) is 3.31. The van der Waals surface area contributed by atoms with Crippen molar-refractivity contribution in [3.8, 4) is 0 Å². The lowest BCUT2D eigenvalue weighted by atomic mass is 10.1. The molecular formula is C12H24N2O2. The fraction of sp³-hybridized carbons (Fsp3) is 0.917. The minimum absolute atomic E-state index is 0.0219. The Balaban J connectivity index is 2.23. The molecule has 94 valence electrons. The van der Waals surface area contributed by atoms with Gasteiger partial charge in [0.25, 0.3) is 0 Å². The maximum absolute atomic E-state index is 11.5. The smallest absolute Gasteiger partial charge is 0.248 e. The van der Waals surface area contributed by atoms with Crippen LogP contribution in [0.2, 0.25) is 0 Å². The molecule has 0 saturated carbocycles. The summed E-state index contributed by atoms with van der Waals surface area (Å²) >= 11 is 0. The summed E-state index contributed by atoms with van der Waals surface area (Å²) in [5.74, 6) is -0.0219. The van der Waals surface area contributed by atoms with E-state index in [9.17, 15) is 4.79 Å². The highest BCUT2D eigenvalue weighted by molar-refractivity contribution is 5.80. The van der Waals surface area contributed by atoms with Gasteiger partial charge in [-0.3, -0.25) is 9.69 Å². The van der Waals surface area contributed by atoms with E-state index in [0.29, 0.717) is 12.6 Å². The lowest BCUT2D eigenvalue weighted by Crippen LogP contribution is -2.46. The van der Waals surface area contributed by atoms with Gasteiger partial charge in [-0.05, 0) is 39.8 Å². The van der Waals surface area contributed by atoms with Crippen molar-refractivity contribution in [3.63, 3.8) is 0 Å². The normalized spacial score (nSPS) is 21.4. The largest absolute Gasteiger partial charge is 0.372 e. The monoisotopic (exact) mass is 228 g/mol. The van der Waals surface area contributed by atoms with Crippen LogP contribution in [0.1, 0.15) is 33.1 Å². The quantitative estimate of drug-likeness (QED) is 0.763. The number of nitrogens with one attached hydrogen (secondary N) is 1. The summed E-state index contributed by atoms with van der Waals surface area (Å²) in [5, 5.41) is 2.92. The summed E-state index contributed by atoms with van der Waals surface area (Å²) in [6.45, 7) is 6.98. The van der Waals surface area contributed by atoms with Gasteiger partial charge in [0.2, 0.25) is 5.91 Å². The first-order chi connectivity index (χ1) is 7.65. The third-order valence-corrected chi connectivity index (χ3v) is 3.31. The second-order valence-corrected chi connectivity index (χ2v) is 4.57. The van der Waals surface area contributed by atoms with Crippen molar-refractivity contribution >= 4 is 5.91 Å². The first-order valence-electron chi connectivity index (χ1n) is 6.19. The highest BCUT2D eigenvalue weighted by Crippen LogP contribution is 2.11. The van der Waals surface area contributed by atoms with Crippen LogP contribution in [0.4, 0.5) is 0 Å². The molecule has 2 unspecified atom stereocenters. The van der Waals surface area contributed by atoms with Gasteiger partial charge >= 0.3 is 0 Å². The minimum atomic E-state index is -0.353. The molecule has 16 heavy (non-hydrogen) atoms. The molecule has 1 N–H and O–H groups in total. The third kappa shape index (κ3) is 4.10. The number of carbonyl (C=O) groups excluding carboxylic acids is 1. The molecule has 0 bridgehead atoms. The van der Waals surface area contributed by atoms with E-state index in [1.807, 2.05) is 0 Å². The molecule has 4 heteroatoms. The Morgan fingerprint density at radius 1 is 1.31 bits per heavy atom. The van der Waals surface area contributed by atoms with Crippen LogP contribution in [0.3, 0.4) is 0 Å². The van der Waals surface area contributed by atoms with Gasteiger partial charge in [0.1, 0.15) is 6.10 Å². The van der Waals surface area contributed by atoms with E-state index in [0.717, 1.165) is 13.1 Å². The molecule has 0 aromatic heterocycles. The number of amides is 1. The minimum Gasteiger partial charge on any atom is -0.372 e. The Hall–Kier alpha value is -0.610. The number of ether oxygens (including phenoxy) is 1. The molecule has 1 amide bonds. The summed E-state index contributed by atoms with van der Waals surface area (Å²) in [4.78, 5) is 14.0. The predicted octanol–water partition coefficient (Wildman–Crippen LogP) is 1.01. The van der Waals surface area contributed by atoms with Crippen molar-refractivity contribution < 1.29 is 9.53 Å². The molecule has 0 aliphatic carbocycles. The van der Waals surface area contributed by atoms with Crippen LogP contribution < -0.4 is 5.32 Å². The van der Waals surface area contributed by atoms with Crippen molar-refractivity contribution in [2.75, 3.05) is 26.7 Å². The maximum Gasteiger partial charge on any atom is 0.248 e. The van der Waals surface area contributed by atoms with Crippen LogP contribution in [0.15, 0.2) is 0 Å². The van der Waals surface area contributed by atoms with Gasteiger partial charge in [0, 0.05) is 19.7 Å². The molecule has 4 nitrogen and oxygen atoms in total. The molecule has 1 aliphatic rings. The summed E-state index contributed by atoms with van der Waals surface area (Å²) in [6, 6.07) is 0.424. The lowest BCUT2D eigenvalue weighted by molar-refractivity contribution is -0.130. The van der Waals surface area contributed by atoms with E-state index in [1.165, 1.54) is 19.3 Å².